The van der Waals surface area contributed by atoms with Crippen LogP contribution in [0.4, 0.5) is 17.1 Å². The molecule has 4 rings (SSSR count). The van der Waals surface area contributed by atoms with Gasteiger partial charge in [-0.3, -0.25) is 25.0 Å². The molecule has 1 N–H and O–H groups in total. The first kappa shape index (κ1) is 20.8. The number of nitrogens with zero attached hydrogens (tertiary/aromatic N) is 6. The maximum atomic E-state index is 12.7. The minimum Gasteiger partial charge on any atom is -0.280 e. The third kappa shape index (κ3) is 3.81. The molecule has 4 aromatic rings. The molecule has 0 aliphatic heterocycles. The van der Waals surface area contributed by atoms with Gasteiger partial charge >= 0.3 is 0 Å². The zero-order valence-corrected chi connectivity index (χ0v) is 17.1. The van der Waals surface area contributed by atoms with Crippen molar-refractivity contribution < 1.29 is 18.3 Å². The number of hydrogen-bond donors (Lipinski definition) is 1. The van der Waals surface area contributed by atoms with Gasteiger partial charge in [0.2, 0.25) is 0 Å². The first-order valence-corrected chi connectivity index (χ1v) is 10.4. The summed E-state index contributed by atoms with van der Waals surface area (Å²) in [5, 5.41) is 34.4. The van der Waals surface area contributed by atoms with Crippen LogP contribution >= 0.6 is 0 Å². The summed E-state index contributed by atoms with van der Waals surface area (Å²) >= 11 is 0. The molecule has 13 nitrogen and oxygen atoms in total. The summed E-state index contributed by atoms with van der Waals surface area (Å²) < 4.78 is 29.3. The van der Waals surface area contributed by atoms with Gasteiger partial charge in [0, 0.05) is 23.4 Å². The third-order valence-corrected chi connectivity index (χ3v) is 5.99. The fourth-order valence-corrected chi connectivity index (χ4v) is 4.10. The van der Waals surface area contributed by atoms with Crippen LogP contribution in [0.5, 0.6) is 0 Å². The number of benzene rings is 2. The number of nitrogens with one attached hydrogen (secondary N) is 1. The maximum Gasteiger partial charge on any atom is 0.280 e. The maximum absolute atomic E-state index is 12.7. The van der Waals surface area contributed by atoms with Crippen molar-refractivity contribution in [2.45, 2.75) is 11.8 Å². The van der Waals surface area contributed by atoms with Gasteiger partial charge in [-0.2, -0.15) is 9.61 Å². The largest absolute Gasteiger partial charge is 0.280 e. The van der Waals surface area contributed by atoms with Gasteiger partial charge in [0.15, 0.2) is 5.65 Å². The molecule has 32 heavy (non-hydrogen) atoms. The predicted molar refractivity (Wildman–Crippen MR) is 112 cm³/mol. The van der Waals surface area contributed by atoms with Crippen LogP contribution < -0.4 is 4.72 Å². The molecule has 2 heterocycles. The highest BCUT2D eigenvalue weighted by Crippen LogP contribution is 2.32. The van der Waals surface area contributed by atoms with Crippen molar-refractivity contribution >= 4 is 32.7 Å². The molecule has 2 aromatic heterocycles. The van der Waals surface area contributed by atoms with E-state index >= 15 is 0 Å². The van der Waals surface area contributed by atoms with E-state index in [0.717, 1.165) is 12.1 Å². The summed E-state index contributed by atoms with van der Waals surface area (Å²) in [6.45, 7) is 1.18. The zero-order chi connectivity index (χ0) is 23.0. The van der Waals surface area contributed by atoms with Crippen LogP contribution in [0.3, 0.4) is 0 Å². The molecule has 0 saturated heterocycles. The molecule has 0 spiro atoms. The topological polar surface area (TPSA) is 176 Å². The second-order valence-corrected chi connectivity index (χ2v) is 8.32. The van der Waals surface area contributed by atoms with Crippen LogP contribution in [0.25, 0.3) is 16.9 Å². The van der Waals surface area contributed by atoms with Crippen LogP contribution in [0.15, 0.2) is 59.8 Å². The van der Waals surface area contributed by atoms with Gasteiger partial charge in [-0.25, -0.2) is 8.42 Å². The minimum atomic E-state index is -4.34. The summed E-state index contributed by atoms with van der Waals surface area (Å²) in [5.74, 6) is 0. The van der Waals surface area contributed by atoms with E-state index in [9.17, 15) is 28.6 Å². The van der Waals surface area contributed by atoms with Crippen LogP contribution in [-0.4, -0.2) is 38.1 Å². The Labute approximate surface area is 179 Å². The quantitative estimate of drug-likeness (QED) is 0.338. The summed E-state index contributed by atoms with van der Waals surface area (Å²) in [4.78, 5) is 20.1. The van der Waals surface area contributed by atoms with Crippen LogP contribution in [-0.2, 0) is 10.0 Å². The average Bonchev–Trinajstić information content (AvgIpc) is 3.21. The number of sulfonamides is 1. The number of nitro groups is 2. The monoisotopic (exact) mass is 455 g/mol. The van der Waals surface area contributed by atoms with Gasteiger partial charge in [-0.05, 0) is 31.2 Å². The first-order chi connectivity index (χ1) is 15.2. The summed E-state index contributed by atoms with van der Waals surface area (Å²) in [6, 6.07) is 11.2. The fraction of sp³-hybridized carbons (Fsp3) is 0.0556. The molecule has 0 atom stereocenters. The van der Waals surface area contributed by atoms with Gasteiger partial charge in [-0.15, -0.1) is 10.2 Å². The average molecular weight is 455 g/mol. The number of fused-ring (bicyclic) bond motifs is 1. The lowest BCUT2D eigenvalue weighted by Gasteiger charge is -2.10. The number of aromatic nitrogens is 4. The van der Waals surface area contributed by atoms with Crippen molar-refractivity contribution in [1.82, 2.24) is 19.8 Å². The summed E-state index contributed by atoms with van der Waals surface area (Å²) in [7, 11) is -4.34. The first-order valence-electron chi connectivity index (χ1n) is 8.89. The molecule has 0 amide bonds. The van der Waals surface area contributed by atoms with Crippen molar-refractivity contribution in [2.24, 2.45) is 0 Å². The molecule has 0 aliphatic rings. The van der Waals surface area contributed by atoms with E-state index in [1.54, 1.807) is 24.3 Å². The van der Waals surface area contributed by atoms with E-state index in [0.29, 0.717) is 16.9 Å². The Kier molecular flexibility index (Phi) is 4.98. The highest BCUT2D eigenvalue weighted by atomic mass is 32.2. The number of rotatable bonds is 6. The molecule has 0 fully saturated rings. The van der Waals surface area contributed by atoms with Crippen molar-refractivity contribution in [3.05, 3.63) is 80.7 Å². The Morgan fingerprint density at radius 2 is 1.59 bits per heavy atom. The molecule has 162 valence electrons. The van der Waals surface area contributed by atoms with E-state index in [2.05, 4.69) is 20.0 Å². The van der Waals surface area contributed by atoms with Crippen molar-refractivity contribution in [3.8, 4) is 11.3 Å². The number of anilines is 1. The van der Waals surface area contributed by atoms with E-state index in [1.165, 1.54) is 29.9 Å². The Balaban J connectivity index is 1.65. The smallest absolute Gasteiger partial charge is 0.280 e. The van der Waals surface area contributed by atoms with Gasteiger partial charge in [0.1, 0.15) is 16.8 Å². The van der Waals surface area contributed by atoms with Gasteiger partial charge in [0.25, 0.3) is 21.4 Å². The van der Waals surface area contributed by atoms with Gasteiger partial charge in [0.05, 0.1) is 15.5 Å². The molecule has 0 radical (unpaired) electrons. The molecule has 2 aromatic carbocycles. The van der Waals surface area contributed by atoms with Gasteiger partial charge < -0.3 is 0 Å². The predicted octanol–water partition coefficient (Wildman–Crippen LogP) is 2.72. The normalized spacial score (nSPS) is 11.4. The van der Waals surface area contributed by atoms with E-state index in [1.807, 2.05) is 0 Å². The lowest BCUT2D eigenvalue weighted by Crippen LogP contribution is -2.14. The zero-order valence-electron chi connectivity index (χ0n) is 16.2. The Hall–Kier alpha value is -4.46. The Morgan fingerprint density at radius 3 is 2.19 bits per heavy atom. The van der Waals surface area contributed by atoms with Crippen LogP contribution in [0, 0.1) is 27.2 Å². The van der Waals surface area contributed by atoms with E-state index < -0.39 is 36.1 Å². The minimum absolute atomic E-state index is 0.157. The molecular formula is C18H13N7O6S. The molecule has 0 unspecified atom stereocenters. The van der Waals surface area contributed by atoms with Crippen LogP contribution in [0.2, 0.25) is 0 Å². The number of nitro benzene ring substituents is 2. The molecule has 0 aliphatic carbocycles. The second kappa shape index (κ2) is 7.66. The second-order valence-electron chi connectivity index (χ2n) is 6.64. The van der Waals surface area contributed by atoms with Crippen molar-refractivity contribution in [3.63, 3.8) is 0 Å². The molecule has 14 heteroatoms. The molecular weight excluding hydrogens is 442 g/mol. The molecule has 0 saturated carbocycles. The van der Waals surface area contributed by atoms with Crippen molar-refractivity contribution in [1.29, 1.82) is 0 Å². The third-order valence-electron chi connectivity index (χ3n) is 4.62. The van der Waals surface area contributed by atoms with Crippen molar-refractivity contribution in [2.75, 3.05) is 4.72 Å². The standard InChI is InChI=1S/C18H13N7O6S/c1-11-16(24(26)27)8-14(9-17(11)25(28)29)32(30,31)22-13-4-2-12(3-5-13)15-6-7-18-20-19-10-23(18)21-15/h2-10,22H,1H3. The summed E-state index contributed by atoms with van der Waals surface area (Å²) in [5.41, 5.74) is 0.447. The highest BCUT2D eigenvalue weighted by molar-refractivity contribution is 7.92. The van der Waals surface area contributed by atoms with E-state index in [-0.39, 0.29) is 11.3 Å². The summed E-state index contributed by atoms with van der Waals surface area (Å²) in [6.07, 6.45) is 1.45. The SMILES string of the molecule is Cc1c([N+](=O)[O-])cc(S(=O)(=O)Nc2ccc(-c3ccc4nncn4n3)cc2)cc1[N+](=O)[O-]. The van der Waals surface area contributed by atoms with Crippen LogP contribution in [0.1, 0.15) is 5.56 Å². The lowest BCUT2D eigenvalue weighted by molar-refractivity contribution is -0.395. The van der Waals surface area contributed by atoms with E-state index in [4.69, 9.17) is 0 Å². The Morgan fingerprint density at radius 1 is 0.969 bits per heavy atom. The Bertz CT molecular complexity index is 1450. The molecule has 0 bridgehead atoms. The highest BCUT2D eigenvalue weighted by Gasteiger charge is 2.28. The fourth-order valence-electron chi connectivity index (χ4n) is 3.00. The number of hydrogen-bond acceptors (Lipinski definition) is 9. The van der Waals surface area contributed by atoms with Gasteiger partial charge in [-0.1, -0.05) is 12.1 Å². The lowest BCUT2D eigenvalue weighted by atomic mass is 10.1.